The van der Waals surface area contributed by atoms with Gasteiger partial charge in [0.1, 0.15) is 0 Å². The van der Waals surface area contributed by atoms with Gasteiger partial charge in [-0.15, -0.1) is 0 Å². The van der Waals surface area contributed by atoms with Gasteiger partial charge in [-0.05, 0) is 42.3 Å². The Hall–Kier alpha value is -2.39. The minimum atomic E-state index is -4.62. The number of rotatable bonds is 5. The Labute approximate surface area is 144 Å². The second-order valence-electron chi connectivity index (χ2n) is 5.04. The summed E-state index contributed by atoms with van der Waals surface area (Å²) in [5.41, 5.74) is -1.33. The third kappa shape index (κ3) is 3.99. The zero-order chi connectivity index (χ0) is 18.8. The third-order valence-electron chi connectivity index (χ3n) is 3.51. The molecule has 0 aliphatic heterocycles. The van der Waals surface area contributed by atoms with Crippen LogP contribution >= 0.6 is 0 Å². The number of hydrogen-bond donors (Lipinski definition) is 2. The molecule has 134 valence electrons. The lowest BCUT2D eigenvalue weighted by Crippen LogP contribution is -2.22. The number of carbonyl (C=O) groups is 1. The first kappa shape index (κ1) is 18.9. The predicted molar refractivity (Wildman–Crippen MR) is 87.1 cm³/mol. The van der Waals surface area contributed by atoms with Crippen LogP contribution in [0.3, 0.4) is 0 Å². The van der Waals surface area contributed by atoms with Crippen LogP contribution in [0.25, 0.3) is 0 Å². The highest BCUT2D eigenvalue weighted by atomic mass is 32.2. The summed E-state index contributed by atoms with van der Waals surface area (Å²) in [5.74, 6) is -1.26. The number of aromatic carboxylic acids is 1. The predicted octanol–water partition coefficient (Wildman–Crippen LogP) is 4.24. The Morgan fingerprint density at radius 1 is 1.20 bits per heavy atom. The summed E-state index contributed by atoms with van der Waals surface area (Å²) < 4.78 is 61.9. The van der Waals surface area contributed by atoms with Crippen LogP contribution in [-0.4, -0.2) is 19.8 Å². The molecule has 0 saturated carbocycles. The molecule has 25 heavy (non-hydrogen) atoms. The summed E-state index contributed by atoms with van der Waals surface area (Å²) in [7, 11) is 0. The van der Waals surface area contributed by atoms with Crippen molar-refractivity contribution in [2.45, 2.75) is 19.5 Å². The Balaban J connectivity index is 2.69. The van der Waals surface area contributed by atoms with E-state index in [-0.39, 0.29) is 28.9 Å². The molecule has 9 heteroatoms. The maximum absolute atomic E-state index is 13.2. The van der Waals surface area contributed by atoms with Crippen molar-refractivity contribution in [2.75, 3.05) is 4.31 Å². The van der Waals surface area contributed by atoms with E-state index in [0.29, 0.717) is 0 Å². The van der Waals surface area contributed by atoms with Crippen LogP contribution in [0.1, 0.15) is 28.4 Å². The molecule has 0 aliphatic carbocycles. The van der Waals surface area contributed by atoms with Crippen molar-refractivity contribution >= 4 is 28.6 Å². The van der Waals surface area contributed by atoms with E-state index in [2.05, 4.69) is 0 Å². The van der Waals surface area contributed by atoms with Crippen molar-refractivity contribution in [3.05, 3.63) is 59.2 Å². The molecule has 0 saturated heterocycles. The molecular formula is C16H14F3NO4S. The van der Waals surface area contributed by atoms with E-state index in [9.17, 15) is 26.7 Å². The van der Waals surface area contributed by atoms with Crippen molar-refractivity contribution < 1.29 is 31.8 Å². The quantitative estimate of drug-likeness (QED) is 0.769. The first-order valence-corrected chi connectivity index (χ1v) is 8.16. The summed E-state index contributed by atoms with van der Waals surface area (Å²) in [5, 5.41) is 9.05. The maximum atomic E-state index is 13.2. The molecule has 0 fully saturated rings. The molecule has 0 spiro atoms. The van der Waals surface area contributed by atoms with Gasteiger partial charge in [0.25, 0.3) is 11.3 Å². The van der Waals surface area contributed by atoms with Gasteiger partial charge in [0.2, 0.25) is 0 Å². The number of halogens is 3. The van der Waals surface area contributed by atoms with Crippen LogP contribution in [0.5, 0.6) is 0 Å². The molecule has 1 atom stereocenters. The standard InChI is InChI=1S/C16H14F3NO4S/c1-2-12-13(16(17,18)19)7-4-8-14(12)20(25(23)24)11-6-3-5-10(9-11)15(21)22/h3-9H,2H2,1H3,(H,21,22)(H,23,24). The molecule has 2 N–H and O–H groups in total. The van der Waals surface area contributed by atoms with E-state index in [0.717, 1.165) is 22.5 Å². The van der Waals surface area contributed by atoms with Gasteiger partial charge in [-0.25, -0.2) is 13.3 Å². The van der Waals surface area contributed by atoms with Crippen molar-refractivity contribution in [2.24, 2.45) is 0 Å². The molecule has 5 nitrogen and oxygen atoms in total. The van der Waals surface area contributed by atoms with Crippen LogP contribution < -0.4 is 4.31 Å². The van der Waals surface area contributed by atoms with Gasteiger partial charge in [-0.2, -0.15) is 13.2 Å². The van der Waals surface area contributed by atoms with Crippen molar-refractivity contribution in [1.82, 2.24) is 0 Å². The Morgan fingerprint density at radius 3 is 2.36 bits per heavy atom. The molecular weight excluding hydrogens is 359 g/mol. The van der Waals surface area contributed by atoms with Crippen LogP contribution in [0, 0.1) is 0 Å². The highest BCUT2D eigenvalue weighted by molar-refractivity contribution is 7.81. The van der Waals surface area contributed by atoms with Crippen molar-refractivity contribution in [3.8, 4) is 0 Å². The minimum Gasteiger partial charge on any atom is -0.478 e. The minimum absolute atomic E-state index is 0.00485. The molecule has 0 heterocycles. The largest absolute Gasteiger partial charge is 0.478 e. The number of hydrogen-bond acceptors (Lipinski definition) is 2. The molecule has 2 aromatic rings. The van der Waals surface area contributed by atoms with Crippen molar-refractivity contribution in [1.29, 1.82) is 0 Å². The highest BCUT2D eigenvalue weighted by Crippen LogP contribution is 2.39. The lowest BCUT2D eigenvalue weighted by molar-refractivity contribution is -0.138. The number of alkyl halides is 3. The molecule has 2 aromatic carbocycles. The monoisotopic (exact) mass is 373 g/mol. The fourth-order valence-corrected chi connectivity index (χ4v) is 3.11. The van der Waals surface area contributed by atoms with Gasteiger partial charge < -0.3 is 5.11 Å². The van der Waals surface area contributed by atoms with Gasteiger partial charge >= 0.3 is 12.1 Å². The van der Waals surface area contributed by atoms with Gasteiger partial charge in [-0.1, -0.05) is 19.1 Å². The average Bonchev–Trinajstić information content (AvgIpc) is 2.54. The molecule has 0 aromatic heterocycles. The van der Waals surface area contributed by atoms with E-state index in [1.807, 2.05) is 0 Å². The average molecular weight is 373 g/mol. The maximum Gasteiger partial charge on any atom is 0.416 e. The SMILES string of the molecule is CCc1c(N(c2cccc(C(=O)O)c2)S(=O)O)cccc1C(F)(F)F. The number of carboxylic acid groups (broad SMARTS) is 1. The molecule has 2 rings (SSSR count). The van der Waals surface area contributed by atoms with Crippen LogP contribution in [0.2, 0.25) is 0 Å². The normalized spacial score (nSPS) is 12.7. The summed E-state index contributed by atoms with van der Waals surface area (Å²) in [6.45, 7) is 1.50. The van der Waals surface area contributed by atoms with Gasteiger partial charge in [0.15, 0.2) is 0 Å². The van der Waals surface area contributed by atoms with Crippen LogP contribution in [-0.2, 0) is 23.9 Å². The smallest absolute Gasteiger partial charge is 0.416 e. The Morgan fingerprint density at radius 2 is 1.84 bits per heavy atom. The highest BCUT2D eigenvalue weighted by Gasteiger charge is 2.35. The van der Waals surface area contributed by atoms with Gasteiger partial charge in [-0.3, -0.25) is 4.55 Å². The van der Waals surface area contributed by atoms with Gasteiger partial charge in [0, 0.05) is 0 Å². The van der Waals surface area contributed by atoms with Gasteiger partial charge in [0.05, 0.1) is 22.5 Å². The Bertz CT molecular complexity index is 823. The van der Waals surface area contributed by atoms with E-state index < -0.39 is 29.0 Å². The summed E-state index contributed by atoms with van der Waals surface area (Å²) in [6.07, 6.45) is -4.65. The topological polar surface area (TPSA) is 77.8 Å². The number of nitrogens with zero attached hydrogens (tertiary/aromatic N) is 1. The number of carboxylic acids is 1. The lowest BCUT2D eigenvalue weighted by atomic mass is 10.0. The van der Waals surface area contributed by atoms with E-state index in [4.69, 9.17) is 5.11 Å². The number of benzene rings is 2. The summed E-state index contributed by atoms with van der Waals surface area (Å²) >= 11 is -2.70. The summed E-state index contributed by atoms with van der Waals surface area (Å²) in [6, 6.07) is 8.41. The molecule has 1 unspecified atom stereocenters. The zero-order valence-corrected chi connectivity index (χ0v) is 13.8. The second kappa shape index (κ2) is 7.24. The Kier molecular flexibility index (Phi) is 5.48. The molecule has 0 aliphatic rings. The fourth-order valence-electron chi connectivity index (χ4n) is 2.48. The lowest BCUT2D eigenvalue weighted by Gasteiger charge is -2.25. The first-order chi connectivity index (χ1) is 11.7. The summed E-state index contributed by atoms with van der Waals surface area (Å²) in [4.78, 5) is 11.1. The molecule has 0 amide bonds. The molecule has 0 radical (unpaired) electrons. The van der Waals surface area contributed by atoms with E-state index in [1.165, 1.54) is 31.2 Å². The van der Waals surface area contributed by atoms with Crippen molar-refractivity contribution in [3.63, 3.8) is 0 Å². The first-order valence-electron chi connectivity index (χ1n) is 7.10. The zero-order valence-electron chi connectivity index (χ0n) is 12.9. The van der Waals surface area contributed by atoms with E-state index in [1.54, 1.807) is 0 Å². The second-order valence-corrected chi connectivity index (χ2v) is 5.86. The fraction of sp³-hybridized carbons (Fsp3) is 0.188. The number of anilines is 2. The van der Waals surface area contributed by atoms with Crippen LogP contribution in [0.4, 0.5) is 24.5 Å². The van der Waals surface area contributed by atoms with E-state index >= 15 is 0 Å². The van der Waals surface area contributed by atoms with Crippen LogP contribution in [0.15, 0.2) is 42.5 Å². The third-order valence-corrected chi connectivity index (χ3v) is 4.23. The molecule has 0 bridgehead atoms.